The number of rotatable bonds is 2. The Morgan fingerprint density at radius 1 is 0.926 bits per heavy atom. The molecule has 3 aromatic carbocycles. The number of nitrogens with two attached hydrogens (primary N) is 1. The van der Waals surface area contributed by atoms with Gasteiger partial charge in [-0.2, -0.15) is 0 Å². The molecule has 0 aromatic heterocycles. The quantitative estimate of drug-likeness (QED) is 0.370. The summed E-state index contributed by atoms with van der Waals surface area (Å²) in [5, 5.41) is 2.53. The van der Waals surface area contributed by atoms with Crippen molar-refractivity contribution >= 4 is 40.3 Å². The molecule has 0 saturated heterocycles. The molecule has 0 fully saturated rings. The maximum Gasteiger partial charge on any atom is 0.200 e. The van der Waals surface area contributed by atoms with Gasteiger partial charge in [0, 0.05) is 12.6 Å². The Kier molecular flexibility index (Phi) is 4.03. The van der Waals surface area contributed by atoms with E-state index in [1.807, 2.05) is 24.1 Å². The summed E-state index contributed by atoms with van der Waals surface area (Å²) in [6, 6.07) is 18.9. The highest BCUT2D eigenvalue weighted by molar-refractivity contribution is 6.11. The molecule has 3 heteroatoms. The molecule has 3 aromatic rings. The molecule has 27 heavy (non-hydrogen) atoms. The average Bonchev–Trinajstić information content (AvgIpc) is 3.07. The molecule has 0 aliphatic heterocycles. The third-order valence-corrected chi connectivity index (χ3v) is 5.21. The molecule has 0 heterocycles. The Bertz CT molecular complexity index is 1070. The van der Waals surface area contributed by atoms with Gasteiger partial charge in [0.15, 0.2) is 0 Å². The van der Waals surface area contributed by atoms with Crippen molar-refractivity contribution in [2.24, 2.45) is 10.7 Å². The van der Waals surface area contributed by atoms with E-state index in [9.17, 15) is 0 Å². The summed E-state index contributed by atoms with van der Waals surface area (Å²) in [6.45, 7) is 6.62. The Morgan fingerprint density at radius 2 is 1.67 bits per heavy atom. The molecule has 1 aliphatic rings. The smallest absolute Gasteiger partial charge is 0.200 e. The van der Waals surface area contributed by atoms with Gasteiger partial charge in [-0.05, 0) is 45.5 Å². The van der Waals surface area contributed by atoms with Crippen molar-refractivity contribution in [3.8, 4) is 0 Å². The van der Waals surface area contributed by atoms with Crippen molar-refractivity contribution in [1.29, 1.82) is 0 Å². The van der Waals surface area contributed by atoms with Crippen molar-refractivity contribution < 1.29 is 0 Å². The third-order valence-electron chi connectivity index (χ3n) is 5.21. The van der Waals surface area contributed by atoms with Crippen LogP contribution in [0.3, 0.4) is 0 Å². The number of aliphatic imine (C=N–C) groups is 1. The van der Waals surface area contributed by atoms with Crippen molar-refractivity contribution in [3.63, 3.8) is 0 Å². The van der Waals surface area contributed by atoms with Gasteiger partial charge in [0.2, 0.25) is 5.96 Å². The molecule has 0 saturated carbocycles. The van der Waals surface area contributed by atoms with Gasteiger partial charge >= 0.3 is 0 Å². The highest BCUT2D eigenvalue weighted by Crippen LogP contribution is 2.37. The first-order valence-corrected chi connectivity index (χ1v) is 9.27. The van der Waals surface area contributed by atoms with Crippen molar-refractivity contribution in [2.45, 2.75) is 26.2 Å². The van der Waals surface area contributed by atoms with Crippen LogP contribution in [0.4, 0.5) is 11.4 Å². The van der Waals surface area contributed by atoms with Gasteiger partial charge in [-0.25, -0.2) is 4.99 Å². The van der Waals surface area contributed by atoms with Crippen LogP contribution in [0.1, 0.15) is 37.5 Å². The van der Waals surface area contributed by atoms with Crippen LogP contribution in [0.5, 0.6) is 0 Å². The average molecular weight is 355 g/mol. The van der Waals surface area contributed by atoms with Gasteiger partial charge in [-0.3, -0.25) is 0 Å². The molecule has 0 bridgehead atoms. The van der Waals surface area contributed by atoms with Crippen LogP contribution in [0, 0.1) is 0 Å². The van der Waals surface area contributed by atoms with Gasteiger partial charge in [0.25, 0.3) is 0 Å². The fraction of sp³-hybridized carbons (Fsp3) is 0.208. The van der Waals surface area contributed by atoms with Crippen molar-refractivity contribution in [2.75, 3.05) is 11.9 Å². The molecule has 0 amide bonds. The van der Waals surface area contributed by atoms with E-state index in [1.165, 1.54) is 27.5 Å². The molecule has 0 atom stereocenters. The number of hydrogen-bond acceptors (Lipinski definition) is 1. The first kappa shape index (κ1) is 17.3. The maximum absolute atomic E-state index is 6.34. The predicted molar refractivity (Wildman–Crippen MR) is 118 cm³/mol. The number of hydrogen-bond donors (Lipinski definition) is 1. The highest BCUT2D eigenvalue weighted by Gasteiger charge is 2.17. The summed E-state index contributed by atoms with van der Waals surface area (Å²) >= 11 is 0. The summed E-state index contributed by atoms with van der Waals surface area (Å²) in [5.74, 6) is 0.479. The monoisotopic (exact) mass is 355 g/mol. The zero-order chi connectivity index (χ0) is 19.2. The molecule has 2 N–H and O–H groups in total. The SMILES string of the molecule is CN(C(N)=Nc1ccc(C(C)(C)C)cc1)c1ccc2cccc3c2c1C=C3. The van der Waals surface area contributed by atoms with E-state index in [-0.39, 0.29) is 5.41 Å². The van der Waals surface area contributed by atoms with Gasteiger partial charge in [-0.1, -0.05) is 69.3 Å². The number of benzene rings is 3. The maximum atomic E-state index is 6.34. The van der Waals surface area contributed by atoms with Crippen LogP contribution in [0.2, 0.25) is 0 Å². The predicted octanol–water partition coefficient (Wildman–Crippen LogP) is 5.70. The van der Waals surface area contributed by atoms with Crippen LogP contribution in [-0.2, 0) is 5.41 Å². The van der Waals surface area contributed by atoms with Crippen molar-refractivity contribution in [1.82, 2.24) is 0 Å². The second-order valence-corrected chi connectivity index (χ2v) is 8.10. The molecule has 4 rings (SSSR count). The normalized spacial score (nSPS) is 13.4. The number of anilines is 1. The first-order valence-electron chi connectivity index (χ1n) is 9.27. The topological polar surface area (TPSA) is 41.6 Å². The van der Waals surface area contributed by atoms with E-state index in [2.05, 4.69) is 80.4 Å². The zero-order valence-corrected chi connectivity index (χ0v) is 16.3. The zero-order valence-electron chi connectivity index (χ0n) is 16.3. The molecule has 0 unspecified atom stereocenters. The molecular formula is C24H25N3. The van der Waals surface area contributed by atoms with Gasteiger partial charge in [0.1, 0.15) is 0 Å². The number of guanidine groups is 1. The Balaban J connectivity index is 1.67. The van der Waals surface area contributed by atoms with Crippen LogP contribution < -0.4 is 10.6 Å². The van der Waals surface area contributed by atoms with E-state index in [0.29, 0.717) is 5.96 Å². The van der Waals surface area contributed by atoms with Crippen LogP contribution in [0.15, 0.2) is 59.6 Å². The Hall–Kier alpha value is -3.07. The lowest BCUT2D eigenvalue weighted by Crippen LogP contribution is -2.34. The van der Waals surface area contributed by atoms with Gasteiger partial charge < -0.3 is 10.6 Å². The van der Waals surface area contributed by atoms with E-state index >= 15 is 0 Å². The summed E-state index contributed by atoms with van der Waals surface area (Å²) in [7, 11) is 1.97. The lowest BCUT2D eigenvalue weighted by molar-refractivity contribution is 0.590. The minimum absolute atomic E-state index is 0.129. The largest absolute Gasteiger partial charge is 0.369 e. The summed E-state index contributed by atoms with van der Waals surface area (Å²) in [4.78, 5) is 6.58. The van der Waals surface area contributed by atoms with Crippen molar-refractivity contribution in [3.05, 3.63) is 71.3 Å². The molecule has 3 nitrogen and oxygen atoms in total. The van der Waals surface area contributed by atoms with Crippen LogP contribution in [-0.4, -0.2) is 13.0 Å². The van der Waals surface area contributed by atoms with Crippen LogP contribution >= 0.6 is 0 Å². The summed E-state index contributed by atoms with van der Waals surface area (Å²) in [6.07, 6.45) is 4.32. The molecular weight excluding hydrogens is 330 g/mol. The summed E-state index contributed by atoms with van der Waals surface area (Å²) < 4.78 is 0. The standard InChI is InChI=1S/C24H25N3/c1-24(2,3)18-10-12-19(13-11-18)26-23(25)27(4)21-15-9-17-7-5-6-16-8-14-20(21)22(16)17/h5-15H,1-4H3,(H2,25,26). The fourth-order valence-corrected chi connectivity index (χ4v) is 3.57. The second-order valence-electron chi connectivity index (χ2n) is 8.10. The minimum Gasteiger partial charge on any atom is -0.369 e. The lowest BCUT2D eigenvalue weighted by atomic mass is 9.87. The molecule has 0 spiro atoms. The molecule has 1 aliphatic carbocycles. The van der Waals surface area contributed by atoms with E-state index in [1.54, 1.807) is 0 Å². The van der Waals surface area contributed by atoms with E-state index in [4.69, 9.17) is 5.73 Å². The minimum atomic E-state index is 0.129. The lowest BCUT2D eigenvalue weighted by Gasteiger charge is -2.21. The van der Waals surface area contributed by atoms with Gasteiger partial charge in [-0.15, -0.1) is 0 Å². The first-order chi connectivity index (χ1) is 12.8. The Labute approximate surface area is 160 Å². The molecule has 136 valence electrons. The Morgan fingerprint density at radius 3 is 2.37 bits per heavy atom. The van der Waals surface area contributed by atoms with E-state index < -0.39 is 0 Å². The molecule has 0 radical (unpaired) electrons. The van der Waals surface area contributed by atoms with E-state index in [0.717, 1.165) is 11.4 Å². The third kappa shape index (κ3) is 3.10. The highest BCUT2D eigenvalue weighted by atomic mass is 15.2. The van der Waals surface area contributed by atoms with Crippen LogP contribution in [0.25, 0.3) is 22.9 Å². The second kappa shape index (κ2) is 6.27. The van der Waals surface area contributed by atoms with Gasteiger partial charge in [0.05, 0.1) is 11.4 Å². The summed E-state index contributed by atoms with van der Waals surface area (Å²) in [5.41, 5.74) is 12.1. The number of nitrogens with zero attached hydrogens (tertiary/aromatic N) is 2. The fourth-order valence-electron chi connectivity index (χ4n) is 3.57.